The zero-order valence-electron chi connectivity index (χ0n) is 12.0. The number of benzene rings is 1. The molecule has 1 aromatic rings. The zero-order chi connectivity index (χ0) is 14.3. The molecule has 0 fully saturated rings. The second-order valence-corrected chi connectivity index (χ2v) is 4.93. The molecule has 0 unspecified atom stereocenters. The van der Waals surface area contributed by atoms with Gasteiger partial charge in [-0.2, -0.15) is 0 Å². The summed E-state index contributed by atoms with van der Waals surface area (Å²) in [6.45, 7) is 4.95. The van der Waals surface area contributed by atoms with Gasteiger partial charge in [-0.25, -0.2) is 4.39 Å². The van der Waals surface area contributed by atoms with Crippen molar-refractivity contribution in [3.63, 3.8) is 0 Å². The van der Waals surface area contributed by atoms with Crippen molar-refractivity contribution in [3.8, 4) is 0 Å². The van der Waals surface area contributed by atoms with Crippen molar-refractivity contribution in [3.05, 3.63) is 35.6 Å². The topological polar surface area (TPSA) is 23.6 Å². The van der Waals surface area contributed by atoms with Crippen LogP contribution in [-0.4, -0.2) is 55.9 Å². The largest absolute Gasteiger partial charge is 0.309 e. The predicted octanol–water partition coefficient (Wildman–Crippen LogP) is 2.28. The number of carbonyl (C=O) groups excluding carboxylic acids is 1. The van der Waals surface area contributed by atoms with Gasteiger partial charge >= 0.3 is 0 Å². The summed E-state index contributed by atoms with van der Waals surface area (Å²) >= 11 is 0. The molecular weight excluding hydrogens is 243 g/mol. The second-order valence-electron chi connectivity index (χ2n) is 4.93. The van der Waals surface area contributed by atoms with Crippen LogP contribution >= 0.6 is 0 Å². The summed E-state index contributed by atoms with van der Waals surface area (Å²) in [5.74, 6) is -0.582. The van der Waals surface area contributed by atoms with Gasteiger partial charge in [-0.05, 0) is 52.3 Å². The minimum atomic E-state index is -0.433. The first-order valence-corrected chi connectivity index (χ1v) is 6.69. The maximum absolute atomic E-state index is 13.5. The van der Waals surface area contributed by atoms with E-state index in [1.807, 2.05) is 21.0 Å². The van der Waals surface area contributed by atoms with Gasteiger partial charge in [-0.3, -0.25) is 9.69 Å². The molecule has 4 heteroatoms. The number of hydrogen-bond donors (Lipinski definition) is 0. The molecule has 0 bridgehead atoms. The van der Waals surface area contributed by atoms with Crippen molar-refractivity contribution in [2.45, 2.75) is 13.3 Å². The molecule has 1 aromatic carbocycles. The van der Waals surface area contributed by atoms with E-state index in [-0.39, 0.29) is 17.9 Å². The van der Waals surface area contributed by atoms with E-state index >= 15 is 0 Å². The fraction of sp³-hybridized carbons (Fsp3) is 0.533. The molecule has 0 radical (unpaired) electrons. The van der Waals surface area contributed by atoms with Gasteiger partial charge in [-0.1, -0.05) is 19.1 Å². The second kappa shape index (κ2) is 8.02. The van der Waals surface area contributed by atoms with E-state index < -0.39 is 5.82 Å². The van der Waals surface area contributed by atoms with Crippen molar-refractivity contribution in [2.75, 3.05) is 40.3 Å². The van der Waals surface area contributed by atoms with Gasteiger partial charge in [-0.15, -0.1) is 0 Å². The molecule has 106 valence electrons. The molecule has 0 amide bonds. The van der Waals surface area contributed by atoms with E-state index in [0.717, 1.165) is 26.1 Å². The molecule has 0 aromatic heterocycles. The Bertz CT molecular complexity index is 407. The van der Waals surface area contributed by atoms with Gasteiger partial charge in [0.2, 0.25) is 0 Å². The van der Waals surface area contributed by atoms with Crippen LogP contribution in [0.5, 0.6) is 0 Å². The van der Waals surface area contributed by atoms with E-state index in [1.165, 1.54) is 6.07 Å². The quantitative estimate of drug-likeness (QED) is 0.674. The van der Waals surface area contributed by atoms with E-state index in [4.69, 9.17) is 0 Å². The fourth-order valence-corrected chi connectivity index (χ4v) is 1.94. The Hall–Kier alpha value is -1.26. The molecule has 0 aliphatic rings. The highest BCUT2D eigenvalue weighted by molar-refractivity contribution is 5.97. The number of rotatable bonds is 8. The molecule has 0 N–H and O–H groups in total. The Morgan fingerprint density at radius 3 is 2.47 bits per heavy atom. The number of nitrogens with zero attached hydrogens (tertiary/aromatic N) is 2. The van der Waals surface area contributed by atoms with Crippen LogP contribution in [-0.2, 0) is 0 Å². The third-order valence-corrected chi connectivity index (χ3v) is 3.07. The van der Waals surface area contributed by atoms with Gasteiger partial charge < -0.3 is 4.90 Å². The van der Waals surface area contributed by atoms with Crippen molar-refractivity contribution >= 4 is 5.78 Å². The SMILES string of the molecule is CCN(CCCN(C)C)CC(=O)c1ccccc1F. The van der Waals surface area contributed by atoms with Crippen LogP contribution in [0, 0.1) is 5.82 Å². The lowest BCUT2D eigenvalue weighted by Crippen LogP contribution is -2.32. The van der Waals surface area contributed by atoms with Gasteiger partial charge in [0.1, 0.15) is 5.82 Å². The Balaban J connectivity index is 2.51. The first-order chi connectivity index (χ1) is 9.04. The van der Waals surface area contributed by atoms with Crippen molar-refractivity contribution in [1.29, 1.82) is 0 Å². The number of ketones is 1. The third-order valence-electron chi connectivity index (χ3n) is 3.07. The molecule has 19 heavy (non-hydrogen) atoms. The highest BCUT2D eigenvalue weighted by atomic mass is 19.1. The van der Waals surface area contributed by atoms with Gasteiger partial charge in [0.05, 0.1) is 12.1 Å². The van der Waals surface area contributed by atoms with Crippen molar-refractivity contribution < 1.29 is 9.18 Å². The summed E-state index contributed by atoms with van der Waals surface area (Å²) < 4.78 is 13.5. The molecule has 0 saturated heterocycles. The number of hydrogen-bond acceptors (Lipinski definition) is 3. The van der Waals surface area contributed by atoms with Crippen LogP contribution in [0.25, 0.3) is 0 Å². The Morgan fingerprint density at radius 1 is 1.21 bits per heavy atom. The monoisotopic (exact) mass is 266 g/mol. The van der Waals surface area contributed by atoms with E-state index in [1.54, 1.807) is 18.2 Å². The van der Waals surface area contributed by atoms with Crippen LogP contribution < -0.4 is 0 Å². The minimum Gasteiger partial charge on any atom is -0.309 e. The molecule has 0 aliphatic heterocycles. The number of likely N-dealkylation sites (N-methyl/N-ethyl adjacent to an activating group) is 1. The van der Waals surface area contributed by atoms with E-state index in [0.29, 0.717) is 0 Å². The molecule has 0 heterocycles. The standard InChI is InChI=1S/C15H23FN2O/c1-4-18(11-7-10-17(2)3)12-15(19)13-8-5-6-9-14(13)16/h5-6,8-9H,4,7,10-12H2,1-3H3. The lowest BCUT2D eigenvalue weighted by atomic mass is 10.1. The zero-order valence-corrected chi connectivity index (χ0v) is 12.0. The summed E-state index contributed by atoms with van der Waals surface area (Å²) in [4.78, 5) is 16.2. The maximum Gasteiger partial charge on any atom is 0.179 e. The average molecular weight is 266 g/mol. The van der Waals surface area contributed by atoms with Crippen LogP contribution in [0.3, 0.4) is 0 Å². The van der Waals surface area contributed by atoms with Crippen LogP contribution in [0.4, 0.5) is 4.39 Å². The Labute approximate surface area is 115 Å². The summed E-state index contributed by atoms with van der Waals surface area (Å²) in [7, 11) is 4.06. The lowest BCUT2D eigenvalue weighted by molar-refractivity contribution is 0.0928. The maximum atomic E-state index is 13.5. The first kappa shape index (κ1) is 15.8. The molecule has 0 atom stereocenters. The normalized spacial score (nSPS) is 11.3. The molecular formula is C15H23FN2O. The highest BCUT2D eigenvalue weighted by Crippen LogP contribution is 2.08. The summed E-state index contributed by atoms with van der Waals surface area (Å²) in [5.41, 5.74) is 0.188. The average Bonchev–Trinajstić information content (AvgIpc) is 2.37. The predicted molar refractivity (Wildman–Crippen MR) is 76.0 cm³/mol. The van der Waals surface area contributed by atoms with Crippen LogP contribution in [0.15, 0.2) is 24.3 Å². The number of carbonyl (C=O) groups is 1. The van der Waals surface area contributed by atoms with E-state index in [2.05, 4.69) is 9.80 Å². The van der Waals surface area contributed by atoms with Gasteiger partial charge in [0, 0.05) is 0 Å². The Morgan fingerprint density at radius 2 is 1.89 bits per heavy atom. The number of Topliss-reactive ketones (excluding diaryl/α,β-unsaturated/α-hetero) is 1. The summed E-state index contributed by atoms with van der Waals surface area (Å²) in [6.07, 6.45) is 1.01. The number of halogens is 1. The smallest absolute Gasteiger partial charge is 0.179 e. The highest BCUT2D eigenvalue weighted by Gasteiger charge is 2.14. The third kappa shape index (κ3) is 5.49. The fourth-order valence-electron chi connectivity index (χ4n) is 1.94. The van der Waals surface area contributed by atoms with Gasteiger partial charge in [0.15, 0.2) is 5.78 Å². The molecule has 3 nitrogen and oxygen atoms in total. The van der Waals surface area contributed by atoms with Crippen molar-refractivity contribution in [2.24, 2.45) is 0 Å². The van der Waals surface area contributed by atoms with E-state index in [9.17, 15) is 9.18 Å². The van der Waals surface area contributed by atoms with Crippen LogP contribution in [0.1, 0.15) is 23.7 Å². The molecule has 1 rings (SSSR count). The van der Waals surface area contributed by atoms with Crippen molar-refractivity contribution in [1.82, 2.24) is 9.80 Å². The molecule has 0 spiro atoms. The molecule has 0 saturated carbocycles. The lowest BCUT2D eigenvalue weighted by Gasteiger charge is -2.20. The van der Waals surface area contributed by atoms with Crippen LogP contribution in [0.2, 0.25) is 0 Å². The summed E-state index contributed by atoms with van der Waals surface area (Å²) in [6, 6.07) is 6.17. The molecule has 0 aliphatic carbocycles. The first-order valence-electron chi connectivity index (χ1n) is 6.69. The summed E-state index contributed by atoms with van der Waals surface area (Å²) in [5, 5.41) is 0. The Kier molecular flexibility index (Phi) is 6.67. The van der Waals surface area contributed by atoms with Gasteiger partial charge in [0.25, 0.3) is 0 Å². The minimum absolute atomic E-state index is 0.148.